The second-order valence-corrected chi connectivity index (χ2v) is 11.5. The van der Waals surface area contributed by atoms with Crippen LogP contribution in [0, 0.1) is 14.1 Å². The molecule has 2 atom stereocenters. The van der Waals surface area contributed by atoms with E-state index < -0.39 is 0 Å². The van der Waals surface area contributed by atoms with Gasteiger partial charge in [0.15, 0.2) is 0 Å². The summed E-state index contributed by atoms with van der Waals surface area (Å²) < 4.78 is 4.54. The molecular formula is C20H15ClI4. The summed E-state index contributed by atoms with van der Waals surface area (Å²) in [5.41, 5.74) is 6.70. The average Bonchev–Trinajstić information content (AvgIpc) is 2.54. The fourth-order valence-corrected chi connectivity index (χ4v) is 8.39. The molecule has 1 aliphatic carbocycles. The Morgan fingerprint density at radius 3 is 2.24 bits per heavy atom. The predicted molar refractivity (Wildman–Crippen MR) is 143 cm³/mol. The van der Waals surface area contributed by atoms with E-state index in [1.165, 1.54) is 38.5 Å². The van der Waals surface area contributed by atoms with Crippen molar-refractivity contribution in [3.63, 3.8) is 0 Å². The lowest BCUT2D eigenvalue weighted by Crippen LogP contribution is -2.17. The molecule has 25 heavy (non-hydrogen) atoms. The van der Waals surface area contributed by atoms with Gasteiger partial charge >= 0.3 is 0 Å². The summed E-state index contributed by atoms with van der Waals surface area (Å²) in [6, 6.07) is 10.5. The first-order chi connectivity index (χ1) is 11.8. The topological polar surface area (TPSA) is 0 Å². The predicted octanol–water partition coefficient (Wildman–Crippen LogP) is 8.69. The molecule has 130 valence electrons. The second kappa shape index (κ2) is 8.65. The Balaban J connectivity index is 2.27. The first-order valence-electron chi connectivity index (χ1n) is 7.73. The zero-order chi connectivity index (χ0) is 18.3. The Kier molecular flexibility index (Phi) is 7.21. The second-order valence-electron chi connectivity index (χ2n) is 6.13. The molecule has 0 spiro atoms. The van der Waals surface area contributed by atoms with Crippen LogP contribution in [0.5, 0.6) is 0 Å². The van der Waals surface area contributed by atoms with Gasteiger partial charge in [-0.15, -0.1) is 0 Å². The van der Waals surface area contributed by atoms with E-state index in [0.717, 1.165) is 5.02 Å². The lowest BCUT2D eigenvalue weighted by atomic mass is 9.84. The van der Waals surface area contributed by atoms with Crippen LogP contribution < -0.4 is 0 Å². The van der Waals surface area contributed by atoms with Gasteiger partial charge in [-0.2, -0.15) is 0 Å². The minimum absolute atomic E-state index is 0.387. The quantitative estimate of drug-likeness (QED) is 0.211. The van der Waals surface area contributed by atoms with E-state index in [1.807, 2.05) is 12.1 Å². The van der Waals surface area contributed by atoms with E-state index in [-0.39, 0.29) is 0 Å². The highest BCUT2D eigenvalue weighted by molar-refractivity contribution is 14.1. The van der Waals surface area contributed by atoms with Crippen LogP contribution in [-0.2, 0) is 0 Å². The molecule has 3 rings (SSSR count). The minimum Gasteiger partial charge on any atom is -0.0843 e. The highest BCUT2D eigenvalue weighted by Crippen LogP contribution is 2.47. The van der Waals surface area contributed by atoms with Gasteiger partial charge in [0.2, 0.25) is 0 Å². The normalized spacial score (nSPS) is 20.3. The van der Waals surface area contributed by atoms with Gasteiger partial charge in [0, 0.05) is 22.0 Å². The fraction of sp³-hybridized carbons (Fsp3) is 0.200. The van der Waals surface area contributed by atoms with Gasteiger partial charge in [-0.1, -0.05) is 58.0 Å². The van der Waals surface area contributed by atoms with E-state index in [9.17, 15) is 0 Å². The van der Waals surface area contributed by atoms with Crippen LogP contribution in [0.1, 0.15) is 24.0 Å². The maximum atomic E-state index is 6.12. The van der Waals surface area contributed by atoms with Gasteiger partial charge < -0.3 is 0 Å². The smallest absolute Gasteiger partial charge is 0.0409 e. The van der Waals surface area contributed by atoms with Crippen LogP contribution in [0.4, 0.5) is 0 Å². The van der Waals surface area contributed by atoms with Crippen LogP contribution in [0.25, 0.3) is 11.1 Å². The fourth-order valence-electron chi connectivity index (χ4n) is 3.06. The minimum atomic E-state index is 0.387. The third-order valence-corrected chi connectivity index (χ3v) is 9.18. The lowest BCUT2D eigenvalue weighted by Gasteiger charge is -2.29. The van der Waals surface area contributed by atoms with E-state index in [2.05, 4.69) is 135 Å². The van der Waals surface area contributed by atoms with Gasteiger partial charge in [-0.3, -0.25) is 0 Å². The van der Waals surface area contributed by atoms with Gasteiger partial charge in [0.1, 0.15) is 0 Å². The summed E-state index contributed by atoms with van der Waals surface area (Å²) in [7, 11) is 0. The number of rotatable bonds is 2. The van der Waals surface area contributed by atoms with E-state index in [4.69, 9.17) is 11.6 Å². The van der Waals surface area contributed by atoms with Crippen molar-refractivity contribution in [2.75, 3.05) is 0 Å². The van der Waals surface area contributed by atoms with E-state index >= 15 is 0 Å². The Morgan fingerprint density at radius 1 is 1.00 bits per heavy atom. The first kappa shape index (κ1) is 20.9. The molecule has 0 N–H and O–H groups in total. The largest absolute Gasteiger partial charge is 0.0843 e. The summed E-state index contributed by atoms with van der Waals surface area (Å²) in [5, 5.41) is 0.777. The van der Waals surface area contributed by atoms with Crippen molar-refractivity contribution in [3.8, 4) is 11.1 Å². The number of hydrogen-bond donors (Lipinski definition) is 0. The van der Waals surface area contributed by atoms with Crippen LogP contribution in [0.2, 0.25) is 5.02 Å². The Morgan fingerprint density at radius 2 is 1.64 bits per heavy atom. The Labute approximate surface area is 208 Å². The van der Waals surface area contributed by atoms with Gasteiger partial charge in [0.25, 0.3) is 0 Å². The van der Waals surface area contributed by atoms with Crippen molar-refractivity contribution in [1.29, 1.82) is 0 Å². The maximum absolute atomic E-state index is 6.12. The molecule has 0 radical (unpaired) electrons. The Bertz CT molecular complexity index is 882. The molecule has 0 saturated carbocycles. The average molecular weight is 798 g/mol. The van der Waals surface area contributed by atoms with Crippen molar-refractivity contribution in [1.82, 2.24) is 0 Å². The third-order valence-electron chi connectivity index (χ3n) is 4.35. The van der Waals surface area contributed by atoms with Crippen LogP contribution in [0.15, 0.2) is 51.6 Å². The summed E-state index contributed by atoms with van der Waals surface area (Å²) in [6.45, 7) is 4.41. The summed E-state index contributed by atoms with van der Waals surface area (Å²) in [5.74, 6) is 0.387. The first-order valence-corrected chi connectivity index (χ1v) is 12.6. The number of benzene rings is 2. The molecule has 0 aliphatic heterocycles. The Hall–Kier alpha value is 1.13. The summed E-state index contributed by atoms with van der Waals surface area (Å²) in [4.78, 5) is 0. The van der Waals surface area contributed by atoms with Crippen molar-refractivity contribution in [3.05, 3.63) is 74.9 Å². The number of alkyl halides is 1. The SMILES string of the molecule is CC1=CC(I)C(c2c(-c3ccc(Cl)cc3)cc(I)c(C)c2I)C(I)=C1. The molecule has 0 amide bonds. The molecule has 5 heteroatoms. The van der Waals surface area contributed by atoms with Gasteiger partial charge in [-0.25, -0.2) is 0 Å². The van der Waals surface area contributed by atoms with Crippen molar-refractivity contribution >= 4 is 102 Å². The zero-order valence-electron chi connectivity index (χ0n) is 13.6. The molecular weight excluding hydrogens is 783 g/mol. The van der Waals surface area contributed by atoms with Crippen molar-refractivity contribution in [2.24, 2.45) is 0 Å². The summed E-state index contributed by atoms with van der Waals surface area (Å²) >= 11 is 16.2. The van der Waals surface area contributed by atoms with Crippen LogP contribution in [-0.4, -0.2) is 3.92 Å². The third kappa shape index (κ3) is 4.42. The number of halogens is 5. The standard InChI is InChI=1S/C20H15ClI4/c1-10-7-16(23)19(17(24)8-10)18-14(9-15(22)11(2)20(18)25)12-3-5-13(21)6-4-12/h3-9,16,19H,1-2H3. The van der Waals surface area contributed by atoms with Crippen LogP contribution in [0.3, 0.4) is 0 Å². The highest BCUT2D eigenvalue weighted by atomic mass is 127. The van der Waals surface area contributed by atoms with E-state index in [0.29, 0.717) is 9.84 Å². The number of allylic oxidation sites excluding steroid dienone is 4. The molecule has 1 aliphatic rings. The molecule has 0 bridgehead atoms. The molecule has 2 aromatic carbocycles. The lowest BCUT2D eigenvalue weighted by molar-refractivity contribution is 0.872. The molecule has 2 unspecified atom stereocenters. The summed E-state index contributed by atoms with van der Waals surface area (Å²) in [6.07, 6.45) is 4.69. The number of hydrogen-bond acceptors (Lipinski definition) is 0. The molecule has 0 nitrogen and oxygen atoms in total. The van der Waals surface area contributed by atoms with Crippen molar-refractivity contribution < 1.29 is 0 Å². The van der Waals surface area contributed by atoms with Crippen LogP contribution >= 0.6 is 102 Å². The maximum Gasteiger partial charge on any atom is 0.0409 e. The van der Waals surface area contributed by atoms with E-state index in [1.54, 1.807) is 0 Å². The molecule has 0 saturated heterocycles. The highest BCUT2D eigenvalue weighted by Gasteiger charge is 2.30. The molecule has 0 heterocycles. The monoisotopic (exact) mass is 798 g/mol. The molecule has 0 fully saturated rings. The molecule has 2 aromatic rings. The van der Waals surface area contributed by atoms with Gasteiger partial charge in [0.05, 0.1) is 0 Å². The van der Waals surface area contributed by atoms with Gasteiger partial charge in [-0.05, 0) is 132 Å². The van der Waals surface area contributed by atoms with Crippen molar-refractivity contribution in [2.45, 2.75) is 23.7 Å². The molecule has 0 aromatic heterocycles. The zero-order valence-corrected chi connectivity index (χ0v) is 23.0.